The molecule has 0 radical (unpaired) electrons. The predicted molar refractivity (Wildman–Crippen MR) is 103 cm³/mol. The molecule has 2 N–H and O–H groups in total. The van der Waals surface area contributed by atoms with E-state index in [2.05, 4.69) is 0 Å². The maximum Gasteiger partial charge on any atom is 0.329 e. The lowest BCUT2D eigenvalue weighted by molar-refractivity contribution is -0.142. The zero-order chi connectivity index (χ0) is 19.6. The molecule has 0 unspecified atom stereocenters. The van der Waals surface area contributed by atoms with Crippen molar-refractivity contribution in [2.75, 3.05) is 19.8 Å². The Hall–Kier alpha value is -1.89. The molecule has 1 fully saturated rings. The quantitative estimate of drug-likeness (QED) is 0.444. The number of nitrogens with zero attached hydrogens (tertiary/aromatic N) is 1. The van der Waals surface area contributed by atoms with E-state index in [-0.39, 0.29) is 18.6 Å². The van der Waals surface area contributed by atoms with Gasteiger partial charge in [0.25, 0.3) is 0 Å². The summed E-state index contributed by atoms with van der Waals surface area (Å²) in [5, 5.41) is 19.4. The molecular formula is C20H26ClNO5. The van der Waals surface area contributed by atoms with Gasteiger partial charge in [0.1, 0.15) is 6.61 Å². The van der Waals surface area contributed by atoms with E-state index >= 15 is 0 Å². The van der Waals surface area contributed by atoms with Crippen LogP contribution in [0.25, 0.3) is 0 Å². The van der Waals surface area contributed by atoms with E-state index in [4.69, 9.17) is 21.4 Å². The van der Waals surface area contributed by atoms with E-state index in [0.29, 0.717) is 37.4 Å². The summed E-state index contributed by atoms with van der Waals surface area (Å²) in [5.74, 6) is -0.869. The number of aliphatic hydroxyl groups is 1. The fraction of sp³-hybridized carbons (Fsp3) is 0.500. The lowest BCUT2D eigenvalue weighted by atomic mass is 10.1. The average molecular weight is 396 g/mol. The number of carbonyl (C=O) groups excluding carboxylic acids is 1. The summed E-state index contributed by atoms with van der Waals surface area (Å²) in [4.78, 5) is 24.3. The molecule has 1 aromatic rings. The first kappa shape index (κ1) is 21.4. The summed E-state index contributed by atoms with van der Waals surface area (Å²) >= 11 is 5.96. The topological polar surface area (TPSA) is 87.1 Å². The third kappa shape index (κ3) is 7.71. The Bertz CT molecular complexity index is 664. The molecule has 2 rings (SSSR count). The number of carbonyl (C=O) groups is 2. The summed E-state index contributed by atoms with van der Waals surface area (Å²) in [5.41, 5.74) is 0.959. The molecule has 1 aliphatic rings. The third-order valence-electron chi connectivity index (χ3n) is 4.43. The SMILES string of the molecule is O=C(O)COCCCCN1C(=O)CC[C@@H]1/C=C/[C@H](O)Cc1cccc(Cl)c1. The van der Waals surface area contributed by atoms with E-state index in [1.165, 1.54) is 0 Å². The number of aliphatic hydroxyl groups excluding tert-OH is 1. The molecule has 0 saturated carbocycles. The minimum atomic E-state index is -0.980. The number of rotatable bonds is 11. The Morgan fingerprint density at radius 1 is 1.41 bits per heavy atom. The van der Waals surface area contributed by atoms with Crippen molar-refractivity contribution in [1.82, 2.24) is 4.90 Å². The van der Waals surface area contributed by atoms with Gasteiger partial charge in [-0.25, -0.2) is 4.79 Å². The van der Waals surface area contributed by atoms with Gasteiger partial charge in [0, 0.05) is 31.0 Å². The first-order valence-corrected chi connectivity index (χ1v) is 9.53. The van der Waals surface area contributed by atoms with Gasteiger partial charge in [0.2, 0.25) is 5.91 Å². The molecule has 1 heterocycles. The molecule has 0 aliphatic carbocycles. The van der Waals surface area contributed by atoms with Crippen molar-refractivity contribution in [2.24, 2.45) is 0 Å². The highest BCUT2D eigenvalue weighted by atomic mass is 35.5. The van der Waals surface area contributed by atoms with Gasteiger partial charge in [0.15, 0.2) is 0 Å². The van der Waals surface area contributed by atoms with Gasteiger partial charge in [-0.1, -0.05) is 35.9 Å². The maximum absolute atomic E-state index is 12.1. The van der Waals surface area contributed by atoms with Gasteiger partial charge >= 0.3 is 5.97 Å². The molecule has 1 saturated heterocycles. The van der Waals surface area contributed by atoms with E-state index in [9.17, 15) is 14.7 Å². The molecule has 0 aromatic heterocycles. The van der Waals surface area contributed by atoms with Crippen molar-refractivity contribution >= 4 is 23.5 Å². The molecule has 0 spiro atoms. The van der Waals surface area contributed by atoms with Gasteiger partial charge in [-0.2, -0.15) is 0 Å². The monoisotopic (exact) mass is 395 g/mol. The van der Waals surface area contributed by atoms with Gasteiger partial charge in [-0.3, -0.25) is 4.79 Å². The number of ether oxygens (including phenoxy) is 1. The number of carboxylic acid groups (broad SMARTS) is 1. The average Bonchev–Trinajstić information content (AvgIpc) is 2.96. The Labute approximate surface area is 164 Å². The first-order valence-electron chi connectivity index (χ1n) is 9.15. The second-order valence-electron chi connectivity index (χ2n) is 6.63. The van der Waals surface area contributed by atoms with Crippen molar-refractivity contribution in [3.63, 3.8) is 0 Å². The van der Waals surface area contributed by atoms with Gasteiger partial charge in [0.05, 0.1) is 12.1 Å². The number of hydrogen-bond acceptors (Lipinski definition) is 4. The molecule has 1 amide bonds. The second kappa shape index (κ2) is 11.1. The fourth-order valence-electron chi connectivity index (χ4n) is 3.12. The van der Waals surface area contributed by atoms with Crippen molar-refractivity contribution < 1.29 is 24.5 Å². The lowest BCUT2D eigenvalue weighted by Crippen LogP contribution is -2.33. The number of amides is 1. The number of hydrogen-bond donors (Lipinski definition) is 2. The predicted octanol–water partition coefficient (Wildman–Crippen LogP) is 2.67. The number of likely N-dealkylation sites (tertiary alicyclic amines) is 1. The highest BCUT2D eigenvalue weighted by molar-refractivity contribution is 6.30. The molecule has 7 heteroatoms. The molecule has 1 aliphatic heterocycles. The van der Waals surface area contributed by atoms with Crippen LogP contribution < -0.4 is 0 Å². The zero-order valence-corrected chi connectivity index (χ0v) is 16.0. The molecule has 0 bridgehead atoms. The molecule has 6 nitrogen and oxygen atoms in total. The fourth-order valence-corrected chi connectivity index (χ4v) is 3.34. The second-order valence-corrected chi connectivity index (χ2v) is 7.07. The minimum absolute atomic E-state index is 0.00792. The Morgan fingerprint density at radius 2 is 2.22 bits per heavy atom. The maximum atomic E-state index is 12.1. The van der Waals surface area contributed by atoms with Crippen LogP contribution in [0.4, 0.5) is 0 Å². The van der Waals surface area contributed by atoms with Gasteiger partial charge in [-0.05, 0) is 37.0 Å². The van der Waals surface area contributed by atoms with Crippen molar-refractivity contribution in [3.05, 3.63) is 47.0 Å². The van der Waals surface area contributed by atoms with Crippen LogP contribution in [0.1, 0.15) is 31.2 Å². The standard InChI is InChI=1S/C20H26ClNO5/c21-16-5-3-4-15(12-16)13-18(23)8-6-17-7-9-19(24)22(17)10-1-2-11-27-14-20(25)26/h3-6,8,12,17-18,23H,1-2,7,9-11,13-14H2,(H,25,26)/b8-6+/t17-,18-/m0/s1. The van der Waals surface area contributed by atoms with Crippen molar-refractivity contribution in [3.8, 4) is 0 Å². The van der Waals surface area contributed by atoms with E-state index in [1.54, 1.807) is 12.1 Å². The van der Waals surface area contributed by atoms with Crippen LogP contribution in [0, 0.1) is 0 Å². The summed E-state index contributed by atoms with van der Waals surface area (Å²) in [6.45, 7) is 0.681. The number of carboxylic acids is 1. The number of unbranched alkanes of at least 4 members (excludes halogenated alkanes) is 1. The lowest BCUT2D eigenvalue weighted by Gasteiger charge is -2.22. The molecule has 2 atom stereocenters. The Kier molecular flexibility index (Phi) is 8.78. The third-order valence-corrected chi connectivity index (χ3v) is 4.66. The number of halogens is 1. The van der Waals surface area contributed by atoms with Crippen LogP contribution in [0.2, 0.25) is 5.02 Å². The molecule has 27 heavy (non-hydrogen) atoms. The molecule has 148 valence electrons. The molecular weight excluding hydrogens is 370 g/mol. The van der Waals surface area contributed by atoms with Crippen LogP contribution >= 0.6 is 11.6 Å². The number of aliphatic carboxylic acids is 1. The summed E-state index contributed by atoms with van der Waals surface area (Å²) in [6, 6.07) is 7.39. The minimum Gasteiger partial charge on any atom is -0.480 e. The van der Waals surface area contributed by atoms with E-state index < -0.39 is 12.1 Å². The van der Waals surface area contributed by atoms with E-state index in [1.807, 2.05) is 29.2 Å². The normalized spacial score (nSPS) is 18.4. The Morgan fingerprint density at radius 3 is 2.96 bits per heavy atom. The molecule has 1 aromatic carbocycles. The van der Waals surface area contributed by atoms with Crippen LogP contribution in [-0.4, -0.2) is 58.9 Å². The smallest absolute Gasteiger partial charge is 0.329 e. The summed E-state index contributed by atoms with van der Waals surface area (Å²) in [7, 11) is 0. The summed E-state index contributed by atoms with van der Waals surface area (Å²) in [6.07, 6.45) is 6.19. The zero-order valence-electron chi connectivity index (χ0n) is 15.2. The number of benzene rings is 1. The van der Waals surface area contributed by atoms with Crippen molar-refractivity contribution in [2.45, 2.75) is 44.2 Å². The van der Waals surface area contributed by atoms with Crippen LogP contribution in [0.3, 0.4) is 0 Å². The van der Waals surface area contributed by atoms with Gasteiger partial charge in [-0.15, -0.1) is 0 Å². The van der Waals surface area contributed by atoms with Crippen LogP contribution in [-0.2, 0) is 20.7 Å². The first-order chi connectivity index (χ1) is 13.0. The Balaban J connectivity index is 1.77. The van der Waals surface area contributed by atoms with Crippen LogP contribution in [0.15, 0.2) is 36.4 Å². The largest absolute Gasteiger partial charge is 0.480 e. The van der Waals surface area contributed by atoms with Crippen LogP contribution in [0.5, 0.6) is 0 Å². The van der Waals surface area contributed by atoms with E-state index in [0.717, 1.165) is 18.4 Å². The highest BCUT2D eigenvalue weighted by Gasteiger charge is 2.28. The highest BCUT2D eigenvalue weighted by Crippen LogP contribution is 2.21. The summed E-state index contributed by atoms with van der Waals surface area (Å²) < 4.78 is 5.00. The van der Waals surface area contributed by atoms with Gasteiger partial charge < -0.3 is 19.8 Å². The van der Waals surface area contributed by atoms with Crippen molar-refractivity contribution in [1.29, 1.82) is 0 Å².